The summed E-state index contributed by atoms with van der Waals surface area (Å²) in [6, 6.07) is 20.8. The molecule has 0 atom stereocenters. The van der Waals surface area contributed by atoms with Gasteiger partial charge in [-0.1, -0.05) is 72.3 Å². The average molecular weight is 354 g/mol. The number of aryl methyl sites for hydroxylation is 1. The molecule has 2 aromatic carbocycles. The van der Waals surface area contributed by atoms with Crippen molar-refractivity contribution in [3.63, 3.8) is 0 Å². The molecule has 3 aromatic rings. The molecule has 4 nitrogen and oxygen atoms in total. The van der Waals surface area contributed by atoms with Crippen molar-refractivity contribution in [2.75, 3.05) is 11.9 Å². The van der Waals surface area contributed by atoms with Crippen molar-refractivity contribution in [2.45, 2.75) is 12.3 Å². The summed E-state index contributed by atoms with van der Waals surface area (Å²) < 4.78 is 1.23. The van der Waals surface area contributed by atoms with E-state index in [4.69, 9.17) is 11.6 Å². The van der Waals surface area contributed by atoms with E-state index < -0.39 is 0 Å². The van der Waals surface area contributed by atoms with E-state index >= 15 is 0 Å². The van der Waals surface area contributed by atoms with Crippen molar-refractivity contribution < 1.29 is 0 Å². The van der Waals surface area contributed by atoms with Crippen LogP contribution in [0.2, 0.25) is 5.02 Å². The van der Waals surface area contributed by atoms with E-state index in [9.17, 15) is 4.79 Å². The predicted molar refractivity (Wildman–Crippen MR) is 102 cm³/mol. The Morgan fingerprint density at radius 1 is 1.04 bits per heavy atom. The molecular formula is C20H20ClN3O. The van der Waals surface area contributed by atoms with Crippen LogP contribution in [0.3, 0.4) is 0 Å². The summed E-state index contributed by atoms with van der Waals surface area (Å²) in [7, 11) is 1.58. The zero-order chi connectivity index (χ0) is 17.6. The van der Waals surface area contributed by atoms with Crippen molar-refractivity contribution in [1.29, 1.82) is 0 Å². The Bertz CT molecular complexity index is 839. The van der Waals surface area contributed by atoms with E-state index in [1.165, 1.54) is 15.8 Å². The number of hydrogen-bond donors (Lipinski definition) is 1. The fraction of sp³-hybridized carbons (Fsp3) is 0.200. The Morgan fingerprint density at radius 3 is 2.16 bits per heavy atom. The van der Waals surface area contributed by atoms with Gasteiger partial charge in [-0.25, -0.2) is 4.68 Å². The van der Waals surface area contributed by atoms with Crippen LogP contribution >= 0.6 is 11.6 Å². The van der Waals surface area contributed by atoms with Gasteiger partial charge in [-0.15, -0.1) is 0 Å². The van der Waals surface area contributed by atoms with Gasteiger partial charge < -0.3 is 5.32 Å². The van der Waals surface area contributed by atoms with Crippen LogP contribution in [0.5, 0.6) is 0 Å². The second kappa shape index (κ2) is 7.99. The maximum absolute atomic E-state index is 11.9. The lowest BCUT2D eigenvalue weighted by atomic mass is 9.88. The zero-order valence-corrected chi connectivity index (χ0v) is 14.8. The second-order valence-electron chi connectivity index (χ2n) is 5.89. The van der Waals surface area contributed by atoms with E-state index in [0.717, 1.165) is 6.42 Å². The molecule has 0 amide bonds. The Labute approximate surface area is 152 Å². The zero-order valence-electron chi connectivity index (χ0n) is 14.0. The van der Waals surface area contributed by atoms with Crippen molar-refractivity contribution >= 4 is 17.3 Å². The van der Waals surface area contributed by atoms with Crippen LogP contribution in [0, 0.1) is 0 Å². The monoisotopic (exact) mass is 353 g/mol. The first-order valence-electron chi connectivity index (χ1n) is 8.22. The fourth-order valence-electron chi connectivity index (χ4n) is 2.88. The van der Waals surface area contributed by atoms with Crippen molar-refractivity contribution in [1.82, 2.24) is 9.78 Å². The molecule has 1 aromatic heterocycles. The molecule has 0 saturated carbocycles. The Hall–Kier alpha value is -2.59. The molecule has 0 radical (unpaired) electrons. The Morgan fingerprint density at radius 2 is 1.60 bits per heavy atom. The molecule has 5 heteroatoms. The maximum atomic E-state index is 11.9. The van der Waals surface area contributed by atoms with Gasteiger partial charge in [0.15, 0.2) is 0 Å². The first-order valence-corrected chi connectivity index (χ1v) is 8.60. The molecule has 3 rings (SSSR count). The van der Waals surface area contributed by atoms with Gasteiger partial charge in [0.2, 0.25) is 0 Å². The van der Waals surface area contributed by atoms with Gasteiger partial charge in [0.25, 0.3) is 5.56 Å². The molecule has 0 bridgehead atoms. The van der Waals surface area contributed by atoms with Crippen LogP contribution in [0.25, 0.3) is 0 Å². The SMILES string of the molecule is Cn1ncc(NCCC(c2ccccc2)c2ccccc2)c(Cl)c1=O. The third-order valence-electron chi connectivity index (χ3n) is 4.23. The summed E-state index contributed by atoms with van der Waals surface area (Å²) in [5.41, 5.74) is 2.81. The molecule has 0 aliphatic carbocycles. The van der Waals surface area contributed by atoms with Gasteiger partial charge >= 0.3 is 0 Å². The van der Waals surface area contributed by atoms with Gasteiger partial charge in [-0.3, -0.25) is 4.79 Å². The molecule has 128 valence electrons. The summed E-state index contributed by atoms with van der Waals surface area (Å²) in [6.07, 6.45) is 2.46. The number of rotatable bonds is 6. The largest absolute Gasteiger partial charge is 0.382 e. The Kier molecular flexibility index (Phi) is 5.51. The van der Waals surface area contributed by atoms with E-state index in [2.05, 4.69) is 58.9 Å². The van der Waals surface area contributed by atoms with Gasteiger partial charge in [-0.2, -0.15) is 5.10 Å². The highest BCUT2D eigenvalue weighted by Gasteiger charge is 2.14. The molecule has 1 heterocycles. The molecule has 0 fully saturated rings. The first kappa shape index (κ1) is 17.2. The minimum atomic E-state index is -0.297. The number of benzene rings is 2. The minimum absolute atomic E-state index is 0.175. The maximum Gasteiger partial charge on any atom is 0.287 e. The lowest BCUT2D eigenvalue weighted by Crippen LogP contribution is -2.21. The normalized spacial score (nSPS) is 10.8. The van der Waals surface area contributed by atoms with Crippen LogP contribution in [0.15, 0.2) is 71.7 Å². The second-order valence-corrected chi connectivity index (χ2v) is 6.27. The highest BCUT2D eigenvalue weighted by Crippen LogP contribution is 2.28. The molecule has 25 heavy (non-hydrogen) atoms. The van der Waals surface area contributed by atoms with Crippen molar-refractivity contribution in [2.24, 2.45) is 7.05 Å². The van der Waals surface area contributed by atoms with Crippen molar-refractivity contribution in [3.8, 4) is 0 Å². The molecular weight excluding hydrogens is 334 g/mol. The standard InChI is InChI=1S/C20H20ClN3O/c1-24-20(25)19(21)18(14-23-24)22-13-12-17(15-8-4-2-5-9-15)16-10-6-3-7-11-16/h2-11,14,17,22H,12-13H2,1H3. The van der Waals surface area contributed by atoms with E-state index in [1.807, 2.05) is 12.1 Å². The van der Waals surface area contributed by atoms with Crippen molar-refractivity contribution in [3.05, 3.63) is 93.4 Å². The van der Waals surface area contributed by atoms with E-state index in [-0.39, 0.29) is 16.5 Å². The summed E-state index contributed by atoms with van der Waals surface area (Å²) in [6.45, 7) is 0.684. The summed E-state index contributed by atoms with van der Waals surface area (Å²) >= 11 is 6.11. The third kappa shape index (κ3) is 4.09. The van der Waals surface area contributed by atoms with E-state index in [0.29, 0.717) is 12.2 Å². The minimum Gasteiger partial charge on any atom is -0.382 e. The van der Waals surface area contributed by atoms with E-state index in [1.54, 1.807) is 13.2 Å². The number of nitrogens with zero attached hydrogens (tertiary/aromatic N) is 2. The summed E-state index contributed by atoms with van der Waals surface area (Å²) in [5, 5.41) is 7.43. The topological polar surface area (TPSA) is 46.9 Å². The summed E-state index contributed by atoms with van der Waals surface area (Å²) in [5.74, 6) is 0.271. The number of anilines is 1. The number of halogens is 1. The molecule has 0 aliphatic heterocycles. The number of nitrogens with one attached hydrogen (secondary N) is 1. The molecule has 0 spiro atoms. The van der Waals surface area contributed by atoms with Gasteiger partial charge in [-0.05, 0) is 17.5 Å². The highest BCUT2D eigenvalue weighted by atomic mass is 35.5. The molecule has 0 saturated heterocycles. The summed E-state index contributed by atoms with van der Waals surface area (Å²) in [4.78, 5) is 11.9. The fourth-order valence-corrected chi connectivity index (χ4v) is 3.12. The number of hydrogen-bond acceptors (Lipinski definition) is 3. The van der Waals surface area contributed by atoms with Crippen LogP contribution in [-0.2, 0) is 7.05 Å². The Balaban J connectivity index is 1.76. The molecule has 0 aliphatic rings. The number of aromatic nitrogens is 2. The first-order chi connectivity index (χ1) is 12.2. The van der Waals surface area contributed by atoms with Crippen LogP contribution < -0.4 is 10.9 Å². The molecule has 0 unspecified atom stereocenters. The van der Waals surface area contributed by atoms with Gasteiger partial charge in [0, 0.05) is 19.5 Å². The predicted octanol–water partition coefficient (Wildman–Crippen LogP) is 4.07. The lowest BCUT2D eigenvalue weighted by molar-refractivity contribution is 0.705. The lowest BCUT2D eigenvalue weighted by Gasteiger charge is -2.19. The van der Waals surface area contributed by atoms with Gasteiger partial charge in [0.05, 0.1) is 11.9 Å². The molecule has 1 N–H and O–H groups in total. The smallest absolute Gasteiger partial charge is 0.287 e. The third-order valence-corrected chi connectivity index (χ3v) is 4.60. The average Bonchev–Trinajstić information content (AvgIpc) is 2.66. The van der Waals surface area contributed by atoms with Crippen LogP contribution in [-0.4, -0.2) is 16.3 Å². The van der Waals surface area contributed by atoms with Crippen LogP contribution in [0.1, 0.15) is 23.5 Å². The quantitative estimate of drug-likeness (QED) is 0.726. The van der Waals surface area contributed by atoms with Gasteiger partial charge in [0.1, 0.15) is 5.02 Å². The highest BCUT2D eigenvalue weighted by molar-refractivity contribution is 6.32. The van der Waals surface area contributed by atoms with Crippen LogP contribution in [0.4, 0.5) is 5.69 Å².